The van der Waals surface area contributed by atoms with Gasteiger partial charge in [-0.3, -0.25) is 10.1 Å². The molecule has 1 atom stereocenters. The largest absolute Gasteiger partial charge is 0.449 e. The van der Waals surface area contributed by atoms with E-state index in [2.05, 4.69) is 15.4 Å². The highest BCUT2D eigenvalue weighted by Gasteiger charge is 2.21. The number of nitrogens with one attached hydrogen (secondary N) is 1. The summed E-state index contributed by atoms with van der Waals surface area (Å²) < 4.78 is 7.56. The molecular formula is C19H18ClN5O3. The van der Waals surface area contributed by atoms with Gasteiger partial charge in [-0.15, -0.1) is 0 Å². The van der Waals surface area contributed by atoms with Gasteiger partial charge in [0, 0.05) is 25.1 Å². The molecule has 8 nitrogen and oxygen atoms in total. The lowest BCUT2D eigenvalue weighted by Crippen LogP contribution is -2.37. The second-order valence-corrected chi connectivity index (χ2v) is 6.97. The molecule has 0 bridgehead atoms. The zero-order valence-electron chi connectivity index (χ0n) is 14.9. The van der Waals surface area contributed by atoms with Crippen LogP contribution in [-0.2, 0) is 19.5 Å². The number of para-hydroxylation sites is 1. The molecule has 2 heterocycles. The molecule has 4 rings (SSSR count). The molecule has 0 aliphatic carbocycles. The molecule has 0 radical (unpaired) electrons. The molecular weight excluding hydrogens is 382 g/mol. The lowest BCUT2D eigenvalue weighted by atomic mass is 10.1. The lowest BCUT2D eigenvalue weighted by Gasteiger charge is -2.23. The van der Waals surface area contributed by atoms with E-state index in [1.165, 1.54) is 6.07 Å². The molecule has 1 aliphatic rings. The minimum atomic E-state index is -0.446. The highest BCUT2D eigenvalue weighted by Crippen LogP contribution is 2.35. The Bertz CT molecular complexity index is 1010. The molecule has 1 aromatic heterocycles. The van der Waals surface area contributed by atoms with Gasteiger partial charge in [0.15, 0.2) is 0 Å². The predicted octanol–water partition coefficient (Wildman–Crippen LogP) is 3.74. The number of rotatable bonds is 6. The molecule has 1 aliphatic heterocycles. The highest BCUT2D eigenvalue weighted by atomic mass is 35.5. The summed E-state index contributed by atoms with van der Waals surface area (Å²) in [5.41, 5.74) is 0.712. The molecule has 1 N–H and O–H groups in total. The number of aryl methyl sites for hydroxylation is 1. The Morgan fingerprint density at radius 2 is 2.14 bits per heavy atom. The molecule has 9 heteroatoms. The van der Waals surface area contributed by atoms with E-state index in [4.69, 9.17) is 16.3 Å². The van der Waals surface area contributed by atoms with Crippen LogP contribution in [0.5, 0.6) is 11.5 Å². The van der Waals surface area contributed by atoms with Crippen molar-refractivity contribution >= 4 is 17.3 Å². The number of benzene rings is 2. The normalized spacial score (nSPS) is 15.8. The second kappa shape index (κ2) is 7.95. The third-order valence-corrected chi connectivity index (χ3v) is 4.99. The average molecular weight is 400 g/mol. The number of nitro groups is 1. The fraction of sp³-hybridized carbons (Fsp3) is 0.263. The van der Waals surface area contributed by atoms with E-state index in [9.17, 15) is 10.1 Å². The summed E-state index contributed by atoms with van der Waals surface area (Å²) in [5, 5.41) is 19.6. The van der Waals surface area contributed by atoms with Crippen molar-refractivity contribution in [3.8, 4) is 11.5 Å². The van der Waals surface area contributed by atoms with Crippen LogP contribution in [0.4, 0.5) is 5.69 Å². The molecule has 3 aromatic rings. The Kier molecular flexibility index (Phi) is 5.23. The van der Waals surface area contributed by atoms with Crippen molar-refractivity contribution in [1.82, 2.24) is 20.1 Å². The smallest absolute Gasteiger partial charge is 0.311 e. The van der Waals surface area contributed by atoms with Crippen LogP contribution in [0.3, 0.4) is 0 Å². The van der Waals surface area contributed by atoms with Crippen molar-refractivity contribution in [2.24, 2.45) is 0 Å². The van der Waals surface area contributed by atoms with Crippen LogP contribution in [0.1, 0.15) is 17.8 Å². The summed E-state index contributed by atoms with van der Waals surface area (Å²) in [5.74, 6) is 1.53. The Hall–Kier alpha value is -2.97. The van der Waals surface area contributed by atoms with Crippen LogP contribution in [0.15, 0.2) is 48.8 Å². The minimum Gasteiger partial charge on any atom is -0.449 e. The van der Waals surface area contributed by atoms with Gasteiger partial charge in [-0.1, -0.05) is 29.8 Å². The monoisotopic (exact) mass is 399 g/mol. The number of hydrogen-bond donors (Lipinski definition) is 1. The van der Waals surface area contributed by atoms with Crippen molar-refractivity contribution in [2.75, 3.05) is 0 Å². The van der Waals surface area contributed by atoms with Crippen molar-refractivity contribution in [2.45, 2.75) is 32.0 Å². The number of hydrogen-bond acceptors (Lipinski definition) is 6. The van der Waals surface area contributed by atoms with Crippen LogP contribution in [0.2, 0.25) is 5.02 Å². The lowest BCUT2D eigenvalue weighted by molar-refractivity contribution is -0.385. The number of fused-ring (bicyclic) bond motifs is 1. The zero-order chi connectivity index (χ0) is 19.5. The van der Waals surface area contributed by atoms with E-state index in [1.807, 2.05) is 10.7 Å². The Morgan fingerprint density at radius 3 is 2.96 bits per heavy atom. The van der Waals surface area contributed by atoms with Gasteiger partial charge >= 0.3 is 5.69 Å². The summed E-state index contributed by atoms with van der Waals surface area (Å²) in [6.45, 7) is 1.26. The van der Waals surface area contributed by atoms with Crippen LogP contribution < -0.4 is 10.1 Å². The van der Waals surface area contributed by atoms with E-state index in [0.717, 1.165) is 30.8 Å². The maximum absolute atomic E-state index is 11.5. The molecule has 2 aromatic carbocycles. The summed E-state index contributed by atoms with van der Waals surface area (Å²) in [6, 6.07) is 12.1. The van der Waals surface area contributed by atoms with E-state index >= 15 is 0 Å². The number of nitrogens with zero attached hydrogens (tertiary/aromatic N) is 4. The van der Waals surface area contributed by atoms with Gasteiger partial charge in [-0.05, 0) is 30.2 Å². The molecule has 144 valence electrons. The number of ether oxygens (including phenoxy) is 1. The first-order valence-corrected chi connectivity index (χ1v) is 9.28. The molecule has 0 amide bonds. The van der Waals surface area contributed by atoms with Crippen LogP contribution >= 0.6 is 11.6 Å². The van der Waals surface area contributed by atoms with Crippen LogP contribution in [-0.4, -0.2) is 25.7 Å². The number of halogens is 1. The first-order valence-electron chi connectivity index (χ1n) is 8.90. The molecule has 1 unspecified atom stereocenters. The van der Waals surface area contributed by atoms with Gasteiger partial charge in [0.2, 0.25) is 5.75 Å². The number of aromatic nitrogens is 3. The van der Waals surface area contributed by atoms with E-state index in [1.54, 1.807) is 36.7 Å². The zero-order valence-corrected chi connectivity index (χ0v) is 15.7. The second-order valence-electron chi connectivity index (χ2n) is 6.57. The van der Waals surface area contributed by atoms with Crippen molar-refractivity contribution in [3.05, 3.63) is 75.3 Å². The van der Waals surface area contributed by atoms with Crippen LogP contribution in [0.25, 0.3) is 0 Å². The van der Waals surface area contributed by atoms with E-state index < -0.39 is 4.92 Å². The van der Waals surface area contributed by atoms with Gasteiger partial charge in [0.05, 0.1) is 16.5 Å². The maximum Gasteiger partial charge on any atom is 0.311 e. The van der Waals surface area contributed by atoms with Gasteiger partial charge < -0.3 is 10.1 Å². The molecule has 28 heavy (non-hydrogen) atoms. The van der Waals surface area contributed by atoms with Gasteiger partial charge in [-0.25, -0.2) is 9.67 Å². The fourth-order valence-electron chi connectivity index (χ4n) is 3.21. The standard InChI is InChI=1S/C19H18ClN5O3/c20-15-3-1-2-4-17(15)28-18-7-5-13(9-16(18)25(26)27)10-21-14-6-8-19-22-12-23-24(19)11-14/h1-5,7,9,12,14,21H,6,8,10-11H2. The first kappa shape index (κ1) is 18.4. The summed E-state index contributed by atoms with van der Waals surface area (Å²) in [4.78, 5) is 15.3. The SMILES string of the molecule is O=[N+]([O-])c1cc(CNC2CCc3ncnn3C2)ccc1Oc1ccccc1Cl. The quantitative estimate of drug-likeness (QED) is 0.501. The summed E-state index contributed by atoms with van der Waals surface area (Å²) >= 11 is 6.08. The predicted molar refractivity (Wildman–Crippen MR) is 104 cm³/mol. The molecule has 0 saturated heterocycles. The third-order valence-electron chi connectivity index (χ3n) is 4.68. The van der Waals surface area contributed by atoms with E-state index in [0.29, 0.717) is 17.3 Å². The average Bonchev–Trinajstić information content (AvgIpc) is 3.16. The maximum atomic E-state index is 11.5. The minimum absolute atomic E-state index is 0.0959. The van der Waals surface area contributed by atoms with Crippen molar-refractivity contribution < 1.29 is 9.66 Å². The number of nitro benzene ring substituents is 1. The molecule has 0 spiro atoms. The molecule has 0 fully saturated rings. The summed E-state index contributed by atoms with van der Waals surface area (Å²) in [7, 11) is 0. The third kappa shape index (κ3) is 3.97. The Balaban J connectivity index is 1.46. The summed E-state index contributed by atoms with van der Waals surface area (Å²) in [6.07, 6.45) is 3.38. The topological polar surface area (TPSA) is 95.1 Å². The first-order chi connectivity index (χ1) is 13.6. The fourth-order valence-corrected chi connectivity index (χ4v) is 3.39. The Labute approximate surface area is 166 Å². The van der Waals surface area contributed by atoms with Gasteiger partial charge in [0.1, 0.15) is 17.9 Å². The molecule has 0 saturated carbocycles. The van der Waals surface area contributed by atoms with Crippen LogP contribution in [0, 0.1) is 10.1 Å². The van der Waals surface area contributed by atoms with Gasteiger partial charge in [-0.2, -0.15) is 5.10 Å². The van der Waals surface area contributed by atoms with Crippen molar-refractivity contribution in [3.63, 3.8) is 0 Å². The van der Waals surface area contributed by atoms with Gasteiger partial charge in [0.25, 0.3) is 0 Å². The Morgan fingerprint density at radius 1 is 1.29 bits per heavy atom. The van der Waals surface area contributed by atoms with Crippen molar-refractivity contribution in [1.29, 1.82) is 0 Å². The highest BCUT2D eigenvalue weighted by molar-refractivity contribution is 6.32. The van der Waals surface area contributed by atoms with E-state index in [-0.39, 0.29) is 17.5 Å².